The number of rotatable bonds is 1. The molecule has 1 aliphatic heterocycles. The molecule has 2 heterocycles. The van der Waals surface area contributed by atoms with Crippen LogP contribution >= 0.6 is 0 Å². The van der Waals surface area contributed by atoms with Gasteiger partial charge in [-0.05, 0) is 27.2 Å². The first-order chi connectivity index (χ1) is 10.5. The van der Waals surface area contributed by atoms with Crippen molar-refractivity contribution in [2.24, 2.45) is 0 Å². The van der Waals surface area contributed by atoms with Gasteiger partial charge in [-0.15, -0.1) is 0 Å². The Kier molecular flexibility index (Phi) is 3.64. The molecule has 5 heteroatoms. The minimum absolute atomic E-state index is 0.307. The summed E-state index contributed by atoms with van der Waals surface area (Å²) in [5.41, 5.74) is 0.448. The molecule has 22 heavy (non-hydrogen) atoms. The Hall–Kier alpha value is -2.30. The number of nitrogens with zero attached hydrogens (tertiary/aromatic N) is 3. The van der Waals surface area contributed by atoms with Gasteiger partial charge in [0.15, 0.2) is 0 Å². The van der Waals surface area contributed by atoms with Crippen LogP contribution in [0.25, 0.3) is 10.8 Å². The van der Waals surface area contributed by atoms with Gasteiger partial charge in [-0.1, -0.05) is 24.3 Å². The third kappa shape index (κ3) is 2.84. The number of hydrogen-bond donors (Lipinski definition) is 0. The molecule has 116 valence electrons. The number of carbonyl (C=O) groups is 1. The van der Waals surface area contributed by atoms with E-state index in [2.05, 4.69) is 11.1 Å². The van der Waals surface area contributed by atoms with Crippen LogP contribution in [0.4, 0.5) is 10.5 Å². The van der Waals surface area contributed by atoms with Gasteiger partial charge < -0.3 is 4.74 Å². The van der Waals surface area contributed by atoms with Gasteiger partial charge in [-0.2, -0.15) is 0 Å². The normalized spacial score (nSPS) is 15.4. The standard InChI is InChI=1S/C17H21N3O2/c1-17(2,3)22-16(21)20-10-6-9-19(20)15-12-18-11-13-7-4-5-8-14(13)15/h4-5,7-8,11-12H,6,9-10H2,1-3H3. The summed E-state index contributed by atoms with van der Waals surface area (Å²) < 4.78 is 5.51. The molecule has 3 rings (SSSR count). The van der Waals surface area contributed by atoms with Gasteiger partial charge in [-0.25, -0.2) is 9.80 Å². The number of anilines is 1. The van der Waals surface area contributed by atoms with Crippen LogP contribution in [0.15, 0.2) is 36.7 Å². The molecule has 0 saturated carbocycles. The first-order valence-corrected chi connectivity index (χ1v) is 7.56. The quantitative estimate of drug-likeness (QED) is 0.807. The Morgan fingerprint density at radius 2 is 1.95 bits per heavy atom. The van der Waals surface area contributed by atoms with E-state index in [-0.39, 0.29) is 6.09 Å². The minimum Gasteiger partial charge on any atom is -0.442 e. The first kappa shape index (κ1) is 14.6. The molecule has 0 atom stereocenters. The molecule has 0 radical (unpaired) electrons. The Morgan fingerprint density at radius 3 is 2.73 bits per heavy atom. The molecule has 1 aliphatic rings. The lowest BCUT2D eigenvalue weighted by Gasteiger charge is -2.32. The van der Waals surface area contributed by atoms with E-state index < -0.39 is 5.60 Å². The first-order valence-electron chi connectivity index (χ1n) is 7.56. The lowest BCUT2D eigenvalue weighted by molar-refractivity contribution is 0.0274. The second-order valence-corrected chi connectivity index (χ2v) is 6.46. The number of fused-ring (bicyclic) bond motifs is 1. The summed E-state index contributed by atoms with van der Waals surface area (Å²) in [5, 5.41) is 5.81. The summed E-state index contributed by atoms with van der Waals surface area (Å²) in [5.74, 6) is 0. The maximum Gasteiger partial charge on any atom is 0.429 e. The third-order valence-corrected chi connectivity index (χ3v) is 3.56. The van der Waals surface area contributed by atoms with Crippen molar-refractivity contribution < 1.29 is 9.53 Å². The summed E-state index contributed by atoms with van der Waals surface area (Å²) in [4.78, 5) is 16.7. The number of carbonyl (C=O) groups excluding carboxylic acids is 1. The van der Waals surface area contributed by atoms with E-state index in [9.17, 15) is 4.79 Å². The maximum absolute atomic E-state index is 12.4. The monoisotopic (exact) mass is 299 g/mol. The van der Waals surface area contributed by atoms with Crippen molar-refractivity contribution in [1.29, 1.82) is 0 Å². The topological polar surface area (TPSA) is 45.7 Å². The number of hydrogen-bond acceptors (Lipinski definition) is 4. The highest BCUT2D eigenvalue weighted by Crippen LogP contribution is 2.30. The van der Waals surface area contributed by atoms with Crippen LogP contribution in [0, 0.1) is 0 Å². The van der Waals surface area contributed by atoms with Gasteiger partial charge in [0.05, 0.1) is 11.9 Å². The van der Waals surface area contributed by atoms with E-state index in [1.54, 1.807) is 5.01 Å². The lowest BCUT2D eigenvalue weighted by Crippen LogP contribution is -2.44. The number of benzene rings is 1. The van der Waals surface area contributed by atoms with Crippen molar-refractivity contribution in [1.82, 2.24) is 9.99 Å². The predicted octanol–water partition coefficient (Wildman–Crippen LogP) is 3.60. The van der Waals surface area contributed by atoms with Crippen molar-refractivity contribution in [3.8, 4) is 0 Å². The zero-order valence-corrected chi connectivity index (χ0v) is 13.2. The van der Waals surface area contributed by atoms with Gasteiger partial charge in [-0.3, -0.25) is 9.99 Å². The number of pyridine rings is 1. The smallest absolute Gasteiger partial charge is 0.429 e. The van der Waals surface area contributed by atoms with Gasteiger partial charge in [0, 0.05) is 30.1 Å². The molecule has 1 fully saturated rings. The van der Waals surface area contributed by atoms with Crippen molar-refractivity contribution in [3.63, 3.8) is 0 Å². The van der Waals surface area contributed by atoms with Gasteiger partial charge in [0.2, 0.25) is 0 Å². The zero-order valence-electron chi connectivity index (χ0n) is 13.2. The third-order valence-electron chi connectivity index (χ3n) is 3.56. The molecule has 1 saturated heterocycles. The van der Waals surface area contributed by atoms with E-state index in [0.29, 0.717) is 6.54 Å². The Balaban J connectivity index is 1.94. The van der Waals surface area contributed by atoms with Crippen LogP contribution in [-0.2, 0) is 4.74 Å². The van der Waals surface area contributed by atoms with Crippen LogP contribution in [0.5, 0.6) is 0 Å². The van der Waals surface area contributed by atoms with E-state index >= 15 is 0 Å². The molecular weight excluding hydrogens is 278 g/mol. The van der Waals surface area contributed by atoms with E-state index in [0.717, 1.165) is 29.4 Å². The summed E-state index contributed by atoms with van der Waals surface area (Å²) in [6.07, 6.45) is 4.26. The van der Waals surface area contributed by atoms with Gasteiger partial charge >= 0.3 is 6.09 Å². The molecule has 0 N–H and O–H groups in total. The SMILES string of the molecule is CC(C)(C)OC(=O)N1CCCN1c1cncc2ccccc12. The number of aromatic nitrogens is 1. The molecule has 2 aromatic rings. The molecule has 0 bridgehead atoms. The minimum atomic E-state index is -0.498. The predicted molar refractivity (Wildman–Crippen MR) is 86.6 cm³/mol. The lowest BCUT2D eigenvalue weighted by atomic mass is 10.1. The van der Waals surface area contributed by atoms with E-state index in [4.69, 9.17) is 4.74 Å². The second-order valence-electron chi connectivity index (χ2n) is 6.46. The van der Waals surface area contributed by atoms with E-state index in [1.165, 1.54) is 0 Å². The van der Waals surface area contributed by atoms with Crippen LogP contribution < -0.4 is 5.01 Å². The Morgan fingerprint density at radius 1 is 1.18 bits per heavy atom. The summed E-state index contributed by atoms with van der Waals surface area (Å²) in [6, 6.07) is 8.07. The average Bonchev–Trinajstić information content (AvgIpc) is 2.94. The number of ether oxygens (including phenoxy) is 1. The molecular formula is C17H21N3O2. The van der Waals surface area contributed by atoms with Crippen LogP contribution in [0.3, 0.4) is 0 Å². The highest BCUT2D eigenvalue weighted by Gasteiger charge is 2.31. The second kappa shape index (κ2) is 5.48. The van der Waals surface area contributed by atoms with Crippen molar-refractivity contribution >= 4 is 22.6 Å². The average molecular weight is 299 g/mol. The fourth-order valence-electron chi connectivity index (χ4n) is 2.67. The molecule has 1 aromatic heterocycles. The van der Waals surface area contributed by atoms with Crippen molar-refractivity contribution in [2.75, 3.05) is 18.1 Å². The molecule has 1 aromatic carbocycles. The Labute approximate surface area is 130 Å². The summed E-state index contributed by atoms with van der Waals surface area (Å²) in [7, 11) is 0. The molecule has 0 unspecified atom stereocenters. The largest absolute Gasteiger partial charge is 0.442 e. The number of hydrazine groups is 1. The van der Waals surface area contributed by atoms with Crippen LogP contribution in [0.2, 0.25) is 0 Å². The molecule has 1 amide bonds. The maximum atomic E-state index is 12.4. The summed E-state index contributed by atoms with van der Waals surface area (Å²) in [6.45, 7) is 7.09. The molecule has 0 spiro atoms. The van der Waals surface area contributed by atoms with Crippen molar-refractivity contribution in [2.45, 2.75) is 32.8 Å². The highest BCUT2D eigenvalue weighted by atomic mass is 16.6. The molecule has 5 nitrogen and oxygen atoms in total. The summed E-state index contributed by atoms with van der Waals surface area (Å²) >= 11 is 0. The van der Waals surface area contributed by atoms with Crippen molar-refractivity contribution in [3.05, 3.63) is 36.7 Å². The highest BCUT2D eigenvalue weighted by molar-refractivity contribution is 5.93. The Bertz CT molecular complexity index is 688. The molecule has 0 aliphatic carbocycles. The fourth-order valence-corrected chi connectivity index (χ4v) is 2.67. The van der Waals surface area contributed by atoms with Crippen LogP contribution in [0.1, 0.15) is 27.2 Å². The van der Waals surface area contributed by atoms with E-state index in [1.807, 2.05) is 56.4 Å². The van der Waals surface area contributed by atoms with Gasteiger partial charge in [0.25, 0.3) is 0 Å². The van der Waals surface area contributed by atoms with Crippen LogP contribution in [-0.4, -0.2) is 34.8 Å². The zero-order chi connectivity index (χ0) is 15.7. The number of amides is 1. The fraction of sp³-hybridized carbons (Fsp3) is 0.412. The van der Waals surface area contributed by atoms with Gasteiger partial charge in [0.1, 0.15) is 5.60 Å².